The number of hydrogen-bond acceptors (Lipinski definition) is 3. The lowest BCUT2D eigenvalue weighted by Gasteiger charge is -2.31. The molecule has 0 radical (unpaired) electrons. The summed E-state index contributed by atoms with van der Waals surface area (Å²) < 4.78 is 0. The van der Waals surface area contributed by atoms with Gasteiger partial charge < -0.3 is 10.8 Å². The van der Waals surface area contributed by atoms with E-state index in [1.807, 2.05) is 6.08 Å². The van der Waals surface area contributed by atoms with Crippen LogP contribution in [-0.2, 0) is 0 Å². The molecule has 0 saturated carbocycles. The number of nitrogens with two attached hydrogens (primary N) is 1. The summed E-state index contributed by atoms with van der Waals surface area (Å²) in [5.41, 5.74) is 5.59. The molecule has 3 nitrogen and oxygen atoms in total. The van der Waals surface area contributed by atoms with Crippen molar-refractivity contribution < 1.29 is 5.11 Å². The second-order valence-corrected chi connectivity index (χ2v) is 3.46. The lowest BCUT2D eigenvalue weighted by molar-refractivity contribution is 0.142. The smallest absolute Gasteiger partial charge is 0.0558 e. The Morgan fingerprint density at radius 3 is 2.54 bits per heavy atom. The molecule has 13 heavy (non-hydrogen) atoms. The minimum Gasteiger partial charge on any atom is -0.395 e. The minimum absolute atomic E-state index is 0.190. The van der Waals surface area contributed by atoms with Gasteiger partial charge in [-0.15, -0.1) is 6.58 Å². The summed E-state index contributed by atoms with van der Waals surface area (Å²) in [6.45, 7) is 10.3. The maximum atomic E-state index is 8.86. The predicted molar refractivity (Wildman–Crippen MR) is 56.5 cm³/mol. The summed E-state index contributed by atoms with van der Waals surface area (Å²) in [6, 6.07) is 0.398. The number of nitrogens with zero attached hydrogens (tertiary/aromatic N) is 1. The lowest BCUT2D eigenvalue weighted by Crippen LogP contribution is -2.41. The first-order valence-corrected chi connectivity index (χ1v) is 4.83. The zero-order valence-electron chi connectivity index (χ0n) is 8.74. The van der Waals surface area contributed by atoms with Gasteiger partial charge >= 0.3 is 0 Å². The average molecular weight is 186 g/mol. The van der Waals surface area contributed by atoms with Crippen LogP contribution in [0.1, 0.15) is 13.8 Å². The van der Waals surface area contributed by atoms with Gasteiger partial charge in [-0.1, -0.05) is 13.0 Å². The quantitative estimate of drug-likeness (QED) is 0.568. The molecule has 0 aliphatic heterocycles. The first kappa shape index (κ1) is 12.6. The van der Waals surface area contributed by atoms with Gasteiger partial charge in [-0.05, 0) is 19.4 Å². The summed E-state index contributed by atoms with van der Waals surface area (Å²) in [4.78, 5) is 2.19. The summed E-state index contributed by atoms with van der Waals surface area (Å²) in [5.74, 6) is 0.450. The molecule has 0 bridgehead atoms. The minimum atomic E-state index is 0.190. The van der Waals surface area contributed by atoms with Gasteiger partial charge in [0.25, 0.3) is 0 Å². The van der Waals surface area contributed by atoms with Gasteiger partial charge in [0.05, 0.1) is 6.61 Å². The van der Waals surface area contributed by atoms with E-state index in [9.17, 15) is 0 Å². The Hall–Kier alpha value is -0.380. The molecule has 0 aromatic carbocycles. The van der Waals surface area contributed by atoms with E-state index < -0.39 is 0 Å². The Kier molecular flexibility index (Phi) is 6.86. The second kappa shape index (κ2) is 7.06. The highest BCUT2D eigenvalue weighted by molar-refractivity contribution is 4.80. The highest BCUT2D eigenvalue weighted by atomic mass is 16.3. The molecule has 0 spiro atoms. The van der Waals surface area contributed by atoms with E-state index in [1.165, 1.54) is 0 Å². The molecule has 78 valence electrons. The molecule has 3 N–H and O–H groups in total. The second-order valence-electron chi connectivity index (χ2n) is 3.46. The van der Waals surface area contributed by atoms with Crippen molar-refractivity contribution in [3.63, 3.8) is 0 Å². The molecule has 2 unspecified atom stereocenters. The fourth-order valence-electron chi connectivity index (χ4n) is 1.31. The molecular formula is C10H22N2O. The number of hydrogen-bond donors (Lipinski definition) is 2. The third-order valence-electron chi connectivity index (χ3n) is 2.52. The number of rotatable bonds is 7. The van der Waals surface area contributed by atoms with Crippen molar-refractivity contribution in [2.24, 2.45) is 11.7 Å². The molecule has 0 aromatic heterocycles. The van der Waals surface area contributed by atoms with Gasteiger partial charge in [-0.25, -0.2) is 0 Å². The Morgan fingerprint density at radius 1 is 1.54 bits per heavy atom. The maximum absolute atomic E-state index is 8.86. The number of aliphatic hydroxyl groups is 1. The summed E-state index contributed by atoms with van der Waals surface area (Å²) in [5, 5.41) is 8.86. The van der Waals surface area contributed by atoms with Gasteiger partial charge in [-0.3, -0.25) is 4.90 Å². The molecule has 0 aliphatic carbocycles. The zero-order chi connectivity index (χ0) is 10.3. The van der Waals surface area contributed by atoms with Crippen LogP contribution in [0.25, 0.3) is 0 Å². The summed E-state index contributed by atoms with van der Waals surface area (Å²) in [7, 11) is 0. The van der Waals surface area contributed by atoms with Gasteiger partial charge in [0.1, 0.15) is 0 Å². The van der Waals surface area contributed by atoms with Crippen LogP contribution >= 0.6 is 0 Å². The normalized spacial score (nSPS) is 15.8. The fourth-order valence-corrected chi connectivity index (χ4v) is 1.31. The molecule has 0 rings (SSSR count). The highest BCUT2D eigenvalue weighted by Crippen LogP contribution is 2.08. The van der Waals surface area contributed by atoms with Crippen LogP contribution < -0.4 is 5.73 Å². The molecule has 2 atom stereocenters. The largest absolute Gasteiger partial charge is 0.395 e. The first-order chi connectivity index (χ1) is 6.17. The molecular weight excluding hydrogens is 164 g/mol. The highest BCUT2D eigenvalue weighted by Gasteiger charge is 2.17. The van der Waals surface area contributed by atoms with Crippen LogP contribution in [0, 0.1) is 5.92 Å². The molecule has 0 heterocycles. The van der Waals surface area contributed by atoms with E-state index in [4.69, 9.17) is 10.8 Å². The van der Waals surface area contributed by atoms with Crippen molar-refractivity contribution in [3.8, 4) is 0 Å². The van der Waals surface area contributed by atoms with E-state index in [2.05, 4.69) is 25.3 Å². The van der Waals surface area contributed by atoms with Crippen molar-refractivity contribution in [2.75, 3.05) is 26.2 Å². The molecule has 0 saturated heterocycles. The van der Waals surface area contributed by atoms with E-state index in [1.54, 1.807) is 0 Å². The Balaban J connectivity index is 4.08. The molecule has 0 aromatic rings. The van der Waals surface area contributed by atoms with Crippen LogP contribution in [0.3, 0.4) is 0 Å². The maximum Gasteiger partial charge on any atom is 0.0558 e. The van der Waals surface area contributed by atoms with Crippen LogP contribution in [0.2, 0.25) is 0 Å². The molecule has 3 heteroatoms. The Labute approximate surface area is 81.2 Å². The Bertz CT molecular complexity index is 139. The first-order valence-electron chi connectivity index (χ1n) is 4.83. The topological polar surface area (TPSA) is 49.5 Å². The van der Waals surface area contributed by atoms with Gasteiger partial charge in [0.2, 0.25) is 0 Å². The van der Waals surface area contributed by atoms with E-state index in [0.29, 0.717) is 25.0 Å². The van der Waals surface area contributed by atoms with E-state index in [0.717, 1.165) is 6.54 Å². The monoisotopic (exact) mass is 186 g/mol. The fraction of sp³-hybridized carbons (Fsp3) is 0.800. The average Bonchev–Trinajstić information content (AvgIpc) is 2.15. The standard InChI is InChI=1S/C10H22N2O/c1-4-5-12(6-7-13)10(3)9(2)8-11/h4,9-10,13H,1,5-8,11H2,2-3H3. The van der Waals surface area contributed by atoms with Crippen LogP contribution in [0.5, 0.6) is 0 Å². The van der Waals surface area contributed by atoms with Crippen LogP contribution in [-0.4, -0.2) is 42.3 Å². The molecule has 0 aliphatic rings. The molecule has 0 fully saturated rings. The Morgan fingerprint density at radius 2 is 2.15 bits per heavy atom. The lowest BCUT2D eigenvalue weighted by atomic mass is 10.0. The van der Waals surface area contributed by atoms with E-state index in [-0.39, 0.29) is 6.61 Å². The van der Waals surface area contributed by atoms with Crippen molar-refractivity contribution >= 4 is 0 Å². The van der Waals surface area contributed by atoms with Crippen molar-refractivity contribution in [1.29, 1.82) is 0 Å². The van der Waals surface area contributed by atoms with Crippen molar-refractivity contribution in [3.05, 3.63) is 12.7 Å². The third-order valence-corrected chi connectivity index (χ3v) is 2.52. The van der Waals surface area contributed by atoms with Crippen LogP contribution in [0.15, 0.2) is 12.7 Å². The van der Waals surface area contributed by atoms with Gasteiger partial charge in [0.15, 0.2) is 0 Å². The SMILES string of the molecule is C=CCN(CCO)C(C)C(C)CN. The van der Waals surface area contributed by atoms with E-state index >= 15 is 0 Å². The molecule has 0 amide bonds. The van der Waals surface area contributed by atoms with Crippen LogP contribution in [0.4, 0.5) is 0 Å². The van der Waals surface area contributed by atoms with Gasteiger partial charge in [0, 0.05) is 19.1 Å². The zero-order valence-corrected chi connectivity index (χ0v) is 8.74. The summed E-state index contributed by atoms with van der Waals surface area (Å²) >= 11 is 0. The number of aliphatic hydroxyl groups excluding tert-OH is 1. The summed E-state index contributed by atoms with van der Waals surface area (Å²) in [6.07, 6.45) is 1.86. The third kappa shape index (κ3) is 4.41. The predicted octanol–water partition coefficient (Wildman–Crippen LogP) is 0.450. The van der Waals surface area contributed by atoms with Gasteiger partial charge in [-0.2, -0.15) is 0 Å². The van der Waals surface area contributed by atoms with Crippen molar-refractivity contribution in [2.45, 2.75) is 19.9 Å². The van der Waals surface area contributed by atoms with Crippen molar-refractivity contribution in [1.82, 2.24) is 4.90 Å².